The van der Waals surface area contributed by atoms with Crippen LogP contribution in [0.5, 0.6) is 0 Å². The molecular formula is C26H27N. The molecule has 0 saturated heterocycles. The zero-order valence-corrected chi connectivity index (χ0v) is 16.4. The van der Waals surface area contributed by atoms with Crippen LogP contribution in [-0.4, -0.2) is 0 Å². The Hall–Kier alpha value is -2.64. The van der Waals surface area contributed by atoms with Gasteiger partial charge in [-0.1, -0.05) is 93.6 Å². The van der Waals surface area contributed by atoms with Crippen LogP contribution in [-0.2, 0) is 18.5 Å². The molecule has 0 aromatic heterocycles. The average Bonchev–Trinajstić information content (AvgIpc) is 2.67. The summed E-state index contributed by atoms with van der Waals surface area (Å²) in [6.45, 7) is 8.51. The monoisotopic (exact) mass is 353 g/mol. The van der Waals surface area contributed by atoms with Gasteiger partial charge in [-0.2, -0.15) is 0 Å². The molecule has 4 aromatic carbocycles. The van der Waals surface area contributed by atoms with Gasteiger partial charge in [-0.3, -0.25) is 0 Å². The molecule has 1 heteroatoms. The van der Waals surface area contributed by atoms with Gasteiger partial charge >= 0.3 is 0 Å². The lowest BCUT2D eigenvalue weighted by molar-refractivity contribution is 0.589. The molecule has 0 bridgehead atoms. The lowest BCUT2D eigenvalue weighted by Gasteiger charge is -2.19. The van der Waals surface area contributed by atoms with Gasteiger partial charge < -0.3 is 5.32 Å². The molecule has 27 heavy (non-hydrogen) atoms. The summed E-state index contributed by atoms with van der Waals surface area (Å²) in [5, 5.41) is 8.96. The van der Waals surface area contributed by atoms with E-state index in [0.717, 1.165) is 13.1 Å². The van der Waals surface area contributed by atoms with Crippen LogP contribution in [0, 0.1) is 0 Å². The SMILES string of the molecule is CC(C)(C)c1ccc(CNCc2c3ccccc3cc3ccccc23)cc1. The minimum Gasteiger partial charge on any atom is -0.309 e. The Balaban J connectivity index is 1.58. The second-order valence-electron chi connectivity index (χ2n) is 8.35. The average molecular weight is 354 g/mol. The van der Waals surface area contributed by atoms with Crippen molar-refractivity contribution < 1.29 is 0 Å². The normalized spacial score (nSPS) is 12.0. The summed E-state index contributed by atoms with van der Waals surface area (Å²) in [6.07, 6.45) is 0. The zero-order valence-electron chi connectivity index (χ0n) is 16.4. The highest BCUT2D eigenvalue weighted by Crippen LogP contribution is 2.28. The van der Waals surface area contributed by atoms with E-state index in [2.05, 4.69) is 105 Å². The van der Waals surface area contributed by atoms with E-state index < -0.39 is 0 Å². The van der Waals surface area contributed by atoms with Gasteiger partial charge in [-0.05, 0) is 49.7 Å². The molecule has 0 atom stereocenters. The van der Waals surface area contributed by atoms with Gasteiger partial charge in [0.2, 0.25) is 0 Å². The maximum atomic E-state index is 3.66. The highest BCUT2D eigenvalue weighted by molar-refractivity contribution is 6.02. The fraction of sp³-hybridized carbons (Fsp3) is 0.231. The molecule has 0 radical (unpaired) electrons. The molecule has 0 aliphatic rings. The third-order valence-electron chi connectivity index (χ3n) is 5.33. The molecule has 0 saturated carbocycles. The van der Waals surface area contributed by atoms with Gasteiger partial charge in [0.25, 0.3) is 0 Å². The van der Waals surface area contributed by atoms with Crippen LogP contribution in [0.1, 0.15) is 37.5 Å². The number of hydrogen-bond donors (Lipinski definition) is 1. The first-order valence-electron chi connectivity index (χ1n) is 9.72. The van der Waals surface area contributed by atoms with Crippen molar-refractivity contribution >= 4 is 21.5 Å². The third kappa shape index (κ3) is 3.74. The molecule has 0 unspecified atom stereocenters. The number of benzene rings is 4. The number of hydrogen-bond acceptors (Lipinski definition) is 1. The van der Waals surface area contributed by atoms with Gasteiger partial charge in [0.1, 0.15) is 0 Å². The minimum atomic E-state index is 0.202. The summed E-state index contributed by atoms with van der Waals surface area (Å²) < 4.78 is 0. The van der Waals surface area contributed by atoms with Crippen LogP contribution in [0.25, 0.3) is 21.5 Å². The van der Waals surface area contributed by atoms with E-state index >= 15 is 0 Å². The lowest BCUT2D eigenvalue weighted by atomic mass is 9.87. The largest absolute Gasteiger partial charge is 0.309 e. The second-order valence-corrected chi connectivity index (χ2v) is 8.35. The summed E-state index contributed by atoms with van der Waals surface area (Å²) in [5.74, 6) is 0. The Kier molecular flexibility index (Phi) is 4.72. The summed E-state index contributed by atoms with van der Waals surface area (Å²) in [7, 11) is 0. The highest BCUT2D eigenvalue weighted by Gasteiger charge is 2.13. The van der Waals surface area contributed by atoms with Crippen LogP contribution in [0.15, 0.2) is 78.9 Å². The van der Waals surface area contributed by atoms with Crippen molar-refractivity contribution in [3.63, 3.8) is 0 Å². The number of nitrogens with one attached hydrogen (secondary N) is 1. The molecule has 1 N–H and O–H groups in total. The van der Waals surface area contributed by atoms with Crippen LogP contribution >= 0.6 is 0 Å². The van der Waals surface area contributed by atoms with Gasteiger partial charge in [-0.25, -0.2) is 0 Å². The van der Waals surface area contributed by atoms with Crippen LogP contribution in [0.4, 0.5) is 0 Å². The minimum absolute atomic E-state index is 0.202. The topological polar surface area (TPSA) is 12.0 Å². The summed E-state index contributed by atoms with van der Waals surface area (Å²) in [6, 6.07) is 28.7. The van der Waals surface area contributed by atoms with Gasteiger partial charge in [0, 0.05) is 13.1 Å². The standard InChI is InChI=1S/C26H27N/c1-26(2,3)22-14-12-19(13-15-22)17-27-18-25-23-10-6-4-8-20(23)16-21-9-5-7-11-24(21)25/h4-16,27H,17-18H2,1-3H3. The van der Waals surface area contributed by atoms with Crippen molar-refractivity contribution in [3.8, 4) is 0 Å². The van der Waals surface area contributed by atoms with Crippen molar-refractivity contribution in [2.45, 2.75) is 39.3 Å². The molecule has 0 aliphatic carbocycles. The van der Waals surface area contributed by atoms with E-state index in [-0.39, 0.29) is 5.41 Å². The maximum Gasteiger partial charge on any atom is 0.0221 e. The Morgan fingerprint density at radius 1 is 0.667 bits per heavy atom. The zero-order chi connectivity index (χ0) is 18.9. The van der Waals surface area contributed by atoms with Crippen molar-refractivity contribution in [1.29, 1.82) is 0 Å². The smallest absolute Gasteiger partial charge is 0.0221 e. The first kappa shape index (κ1) is 17.8. The Morgan fingerprint density at radius 3 is 1.78 bits per heavy atom. The van der Waals surface area contributed by atoms with Crippen molar-refractivity contribution in [2.24, 2.45) is 0 Å². The third-order valence-corrected chi connectivity index (χ3v) is 5.33. The van der Waals surface area contributed by atoms with Crippen molar-refractivity contribution in [2.75, 3.05) is 0 Å². The number of fused-ring (bicyclic) bond motifs is 2. The van der Waals surface area contributed by atoms with E-state index in [9.17, 15) is 0 Å². The molecule has 136 valence electrons. The molecule has 1 nitrogen and oxygen atoms in total. The van der Waals surface area contributed by atoms with Crippen LogP contribution in [0.2, 0.25) is 0 Å². The molecule has 0 heterocycles. The summed E-state index contributed by atoms with van der Waals surface area (Å²) in [4.78, 5) is 0. The van der Waals surface area contributed by atoms with E-state index in [1.807, 2.05) is 0 Å². The molecule has 4 aromatic rings. The predicted octanol–water partition coefficient (Wildman–Crippen LogP) is 6.58. The van der Waals surface area contributed by atoms with E-state index in [1.54, 1.807) is 0 Å². The molecule has 0 fully saturated rings. The maximum absolute atomic E-state index is 3.66. The summed E-state index contributed by atoms with van der Waals surface area (Å²) >= 11 is 0. The molecule has 0 spiro atoms. The van der Waals surface area contributed by atoms with Gasteiger partial charge in [0.05, 0.1) is 0 Å². The van der Waals surface area contributed by atoms with Gasteiger partial charge in [0.15, 0.2) is 0 Å². The quantitative estimate of drug-likeness (QED) is 0.409. The lowest BCUT2D eigenvalue weighted by Crippen LogP contribution is -2.14. The molecule has 0 amide bonds. The van der Waals surface area contributed by atoms with Crippen molar-refractivity contribution in [1.82, 2.24) is 5.32 Å². The summed E-state index contributed by atoms with van der Waals surface area (Å²) in [5.41, 5.74) is 4.29. The van der Waals surface area contributed by atoms with E-state index in [0.29, 0.717) is 0 Å². The molecular weight excluding hydrogens is 326 g/mol. The van der Waals surface area contributed by atoms with Crippen LogP contribution < -0.4 is 5.32 Å². The first-order valence-corrected chi connectivity index (χ1v) is 9.72. The van der Waals surface area contributed by atoms with E-state index in [1.165, 1.54) is 38.2 Å². The molecule has 0 aliphatic heterocycles. The Labute approximate surface area is 162 Å². The van der Waals surface area contributed by atoms with Crippen molar-refractivity contribution in [3.05, 3.63) is 95.6 Å². The van der Waals surface area contributed by atoms with E-state index in [4.69, 9.17) is 0 Å². The van der Waals surface area contributed by atoms with Crippen LogP contribution in [0.3, 0.4) is 0 Å². The fourth-order valence-corrected chi connectivity index (χ4v) is 3.75. The number of rotatable bonds is 4. The predicted molar refractivity (Wildman–Crippen MR) is 117 cm³/mol. The Morgan fingerprint density at radius 2 is 1.22 bits per heavy atom. The Bertz CT molecular complexity index is 1010. The highest BCUT2D eigenvalue weighted by atomic mass is 14.8. The van der Waals surface area contributed by atoms with Gasteiger partial charge in [-0.15, -0.1) is 0 Å². The first-order chi connectivity index (χ1) is 13.0. The second kappa shape index (κ2) is 7.17. The fourth-order valence-electron chi connectivity index (χ4n) is 3.75. The molecule has 4 rings (SSSR count).